The van der Waals surface area contributed by atoms with Crippen molar-refractivity contribution in [2.24, 2.45) is 0 Å². The Morgan fingerprint density at radius 3 is 2.46 bits per heavy atom. The monoisotopic (exact) mass is 363 g/mol. The van der Waals surface area contributed by atoms with Gasteiger partial charge in [-0.05, 0) is 42.0 Å². The minimum absolute atomic E-state index is 0.153. The van der Waals surface area contributed by atoms with E-state index in [0.29, 0.717) is 11.7 Å². The van der Waals surface area contributed by atoms with Crippen LogP contribution in [0.5, 0.6) is 0 Å². The summed E-state index contributed by atoms with van der Waals surface area (Å²) in [5.41, 5.74) is 5.89. The zero-order valence-corrected chi connectivity index (χ0v) is 14.6. The Morgan fingerprint density at radius 1 is 1.04 bits per heavy atom. The Kier molecular flexibility index (Phi) is 7.51. The van der Waals surface area contributed by atoms with Crippen LogP contribution in [0, 0.1) is 5.82 Å². The third-order valence-corrected chi connectivity index (χ3v) is 4.25. The second kappa shape index (κ2) is 9.89. The maximum atomic E-state index is 12.8. The normalized spacial score (nSPS) is 10.0. The molecule has 0 aliphatic rings. The lowest BCUT2D eigenvalue weighted by Gasteiger charge is -2.11. The summed E-state index contributed by atoms with van der Waals surface area (Å²) < 4.78 is 12.8. The number of nitrogens with one attached hydrogen (secondary N) is 3. The number of hydrogen-bond acceptors (Lipinski definition) is 3. The van der Waals surface area contributed by atoms with Crippen molar-refractivity contribution in [1.82, 2.24) is 16.2 Å². The molecule has 0 bridgehead atoms. The van der Waals surface area contributed by atoms with Crippen LogP contribution in [0.15, 0.2) is 59.5 Å². The van der Waals surface area contributed by atoms with Gasteiger partial charge in [0.15, 0.2) is 5.11 Å². The van der Waals surface area contributed by atoms with Gasteiger partial charge in [-0.15, -0.1) is 11.8 Å². The topological polar surface area (TPSA) is 53.2 Å². The Bertz CT molecular complexity index is 665. The average Bonchev–Trinajstić information content (AvgIpc) is 2.60. The van der Waals surface area contributed by atoms with Crippen molar-refractivity contribution in [1.29, 1.82) is 0 Å². The van der Waals surface area contributed by atoms with E-state index < -0.39 is 0 Å². The fourth-order valence-electron chi connectivity index (χ4n) is 1.85. The molecule has 0 aromatic heterocycles. The molecule has 0 atom stereocenters. The largest absolute Gasteiger partial charge is 0.361 e. The van der Waals surface area contributed by atoms with E-state index >= 15 is 0 Å². The summed E-state index contributed by atoms with van der Waals surface area (Å²) in [6, 6.07) is 15.9. The quantitative estimate of drug-likeness (QED) is 0.319. The van der Waals surface area contributed by atoms with Crippen LogP contribution in [0.4, 0.5) is 4.39 Å². The zero-order chi connectivity index (χ0) is 17.2. The highest BCUT2D eigenvalue weighted by atomic mass is 32.2. The van der Waals surface area contributed by atoms with E-state index in [0.717, 1.165) is 11.3 Å². The fourth-order valence-corrected chi connectivity index (χ4v) is 2.80. The van der Waals surface area contributed by atoms with E-state index in [9.17, 15) is 9.18 Å². The number of thioether (sulfide) groups is 1. The molecule has 0 saturated carbocycles. The summed E-state index contributed by atoms with van der Waals surface area (Å²) in [7, 11) is 0. The van der Waals surface area contributed by atoms with Gasteiger partial charge in [0.1, 0.15) is 5.82 Å². The summed E-state index contributed by atoms with van der Waals surface area (Å²) in [4.78, 5) is 13.0. The predicted octanol–water partition coefficient (Wildman–Crippen LogP) is 2.66. The molecule has 7 heteroatoms. The van der Waals surface area contributed by atoms with Gasteiger partial charge in [0, 0.05) is 17.2 Å². The fraction of sp³-hybridized carbons (Fsp3) is 0.176. The minimum atomic E-state index is -0.323. The van der Waals surface area contributed by atoms with E-state index in [1.54, 1.807) is 23.9 Å². The highest BCUT2D eigenvalue weighted by Gasteiger charge is 2.04. The molecule has 0 radical (unpaired) electrons. The Morgan fingerprint density at radius 2 is 1.75 bits per heavy atom. The number of thiocarbonyl (C=S) groups is 1. The van der Waals surface area contributed by atoms with Crippen molar-refractivity contribution in [3.63, 3.8) is 0 Å². The second-order valence-electron chi connectivity index (χ2n) is 4.89. The van der Waals surface area contributed by atoms with Gasteiger partial charge in [0.05, 0.1) is 6.42 Å². The van der Waals surface area contributed by atoms with Gasteiger partial charge in [-0.25, -0.2) is 4.39 Å². The van der Waals surface area contributed by atoms with Crippen molar-refractivity contribution < 1.29 is 9.18 Å². The molecule has 0 spiro atoms. The Labute approximate surface area is 150 Å². The molecule has 0 heterocycles. The van der Waals surface area contributed by atoms with Gasteiger partial charge in [-0.3, -0.25) is 15.6 Å². The smallest absolute Gasteiger partial charge is 0.242 e. The van der Waals surface area contributed by atoms with Crippen molar-refractivity contribution in [2.45, 2.75) is 11.3 Å². The molecule has 0 unspecified atom stereocenters. The van der Waals surface area contributed by atoms with Gasteiger partial charge < -0.3 is 5.32 Å². The number of hydrogen-bond donors (Lipinski definition) is 3. The Balaban J connectivity index is 1.58. The van der Waals surface area contributed by atoms with Gasteiger partial charge in [0.25, 0.3) is 0 Å². The highest BCUT2D eigenvalue weighted by molar-refractivity contribution is 7.99. The molecule has 24 heavy (non-hydrogen) atoms. The van der Waals surface area contributed by atoms with Crippen molar-refractivity contribution >= 4 is 35.0 Å². The molecule has 0 aliphatic carbocycles. The number of carbonyl (C=O) groups is 1. The first-order valence-electron chi connectivity index (χ1n) is 7.38. The van der Waals surface area contributed by atoms with Crippen LogP contribution < -0.4 is 16.2 Å². The predicted molar refractivity (Wildman–Crippen MR) is 99.1 cm³/mol. The lowest BCUT2D eigenvalue weighted by Crippen LogP contribution is -2.47. The number of benzene rings is 2. The van der Waals surface area contributed by atoms with Crippen LogP contribution in [0.25, 0.3) is 0 Å². The average molecular weight is 363 g/mol. The van der Waals surface area contributed by atoms with Crippen LogP contribution in [-0.2, 0) is 11.2 Å². The second-order valence-corrected chi connectivity index (χ2v) is 6.47. The van der Waals surface area contributed by atoms with Crippen LogP contribution in [0.2, 0.25) is 0 Å². The third kappa shape index (κ3) is 6.97. The first-order chi connectivity index (χ1) is 11.6. The summed E-state index contributed by atoms with van der Waals surface area (Å²) in [6.45, 7) is 0.680. The number of carbonyl (C=O) groups excluding carboxylic acids is 1. The zero-order valence-electron chi connectivity index (χ0n) is 12.9. The van der Waals surface area contributed by atoms with Gasteiger partial charge in [0.2, 0.25) is 5.91 Å². The SMILES string of the molecule is O=C(Cc1ccc(F)cc1)NNC(=S)NCCSc1ccccc1. The maximum Gasteiger partial charge on any atom is 0.242 e. The molecule has 0 fully saturated rings. The van der Waals surface area contributed by atoms with Gasteiger partial charge in [-0.2, -0.15) is 0 Å². The maximum absolute atomic E-state index is 12.8. The van der Waals surface area contributed by atoms with Crippen LogP contribution in [-0.4, -0.2) is 23.3 Å². The lowest BCUT2D eigenvalue weighted by atomic mass is 10.1. The molecule has 0 saturated heterocycles. The third-order valence-electron chi connectivity index (χ3n) is 2.99. The molecular formula is C17H18FN3OS2. The van der Waals surface area contributed by atoms with Crippen molar-refractivity contribution in [3.8, 4) is 0 Å². The van der Waals surface area contributed by atoms with Crippen LogP contribution >= 0.6 is 24.0 Å². The van der Waals surface area contributed by atoms with E-state index in [-0.39, 0.29) is 18.1 Å². The highest BCUT2D eigenvalue weighted by Crippen LogP contribution is 2.15. The van der Waals surface area contributed by atoms with E-state index in [4.69, 9.17) is 12.2 Å². The number of halogens is 1. The summed E-state index contributed by atoms with van der Waals surface area (Å²) in [6.07, 6.45) is 0.153. The van der Waals surface area contributed by atoms with Crippen molar-refractivity contribution in [2.75, 3.05) is 12.3 Å². The summed E-state index contributed by atoms with van der Waals surface area (Å²) in [5, 5.41) is 3.37. The molecule has 2 rings (SSSR count). The number of rotatable bonds is 6. The van der Waals surface area contributed by atoms with E-state index in [2.05, 4.69) is 28.3 Å². The minimum Gasteiger partial charge on any atom is -0.361 e. The molecule has 1 amide bonds. The van der Waals surface area contributed by atoms with Crippen molar-refractivity contribution in [3.05, 3.63) is 66.0 Å². The van der Waals surface area contributed by atoms with Gasteiger partial charge >= 0.3 is 0 Å². The van der Waals surface area contributed by atoms with Crippen LogP contribution in [0.1, 0.15) is 5.56 Å². The molecule has 126 valence electrons. The first kappa shape index (κ1) is 18.2. The molecule has 4 nitrogen and oxygen atoms in total. The molecule has 2 aromatic carbocycles. The van der Waals surface area contributed by atoms with E-state index in [1.807, 2.05) is 18.2 Å². The summed E-state index contributed by atoms with van der Waals surface area (Å²) >= 11 is 6.81. The molecule has 3 N–H and O–H groups in total. The molecule has 2 aromatic rings. The van der Waals surface area contributed by atoms with Gasteiger partial charge in [-0.1, -0.05) is 30.3 Å². The number of hydrazine groups is 1. The Hall–Kier alpha value is -2.12. The molecular weight excluding hydrogens is 345 g/mol. The van der Waals surface area contributed by atoms with Crippen LogP contribution in [0.3, 0.4) is 0 Å². The summed E-state index contributed by atoms with van der Waals surface area (Å²) in [5.74, 6) is 0.287. The molecule has 0 aliphatic heterocycles. The standard InChI is InChI=1S/C17H18FN3OS2/c18-14-8-6-13(7-9-14)12-16(22)20-21-17(23)19-10-11-24-15-4-2-1-3-5-15/h1-9H,10-12H2,(H,20,22)(H2,19,21,23). The number of amides is 1. The first-order valence-corrected chi connectivity index (χ1v) is 8.78. The van der Waals surface area contributed by atoms with E-state index in [1.165, 1.54) is 17.0 Å². The lowest BCUT2D eigenvalue weighted by molar-refractivity contribution is -0.121.